The molecule has 2 N–H and O–H groups in total. The average molecular weight is 328 g/mol. The minimum atomic E-state index is -0.927. The van der Waals surface area contributed by atoms with Crippen LogP contribution in [0.3, 0.4) is 0 Å². The first-order valence-corrected chi connectivity index (χ1v) is 8.18. The van der Waals surface area contributed by atoms with E-state index in [9.17, 15) is 19.5 Å². The highest BCUT2D eigenvalue weighted by molar-refractivity contribution is 6.38. The van der Waals surface area contributed by atoms with Crippen LogP contribution in [0.25, 0.3) is 0 Å². The molecular formula is C18H23BNO4. The molecule has 1 radical (unpaired) electrons. The molecule has 1 atom stereocenters. The maximum absolute atomic E-state index is 12.1. The Bertz CT molecular complexity index is 663. The molecule has 5 nitrogen and oxygen atoms in total. The summed E-state index contributed by atoms with van der Waals surface area (Å²) >= 11 is 0. The van der Waals surface area contributed by atoms with Gasteiger partial charge in [0.25, 0.3) is 0 Å². The molecule has 2 rings (SSSR count). The van der Waals surface area contributed by atoms with Crippen molar-refractivity contribution in [2.24, 2.45) is 5.41 Å². The molecule has 1 amide bonds. The summed E-state index contributed by atoms with van der Waals surface area (Å²) in [7, 11) is 1.93. The van der Waals surface area contributed by atoms with Gasteiger partial charge in [-0.15, -0.1) is 0 Å². The van der Waals surface area contributed by atoms with Gasteiger partial charge in [-0.1, -0.05) is 39.2 Å². The molecule has 1 heterocycles. The summed E-state index contributed by atoms with van der Waals surface area (Å²) in [6.45, 7) is 5.54. The molecule has 1 unspecified atom stereocenters. The number of hydrogen-bond acceptors (Lipinski definition) is 3. The Kier molecular flexibility index (Phi) is 5.47. The number of hydrogen-bond donors (Lipinski definition) is 2. The van der Waals surface area contributed by atoms with Crippen LogP contribution in [-0.2, 0) is 22.3 Å². The van der Waals surface area contributed by atoms with Crippen molar-refractivity contribution < 1.29 is 19.5 Å². The number of carboxylic acid groups (broad SMARTS) is 1. The minimum Gasteiger partial charge on any atom is -0.478 e. The summed E-state index contributed by atoms with van der Waals surface area (Å²) < 4.78 is 0. The molecule has 1 aromatic carbocycles. The van der Waals surface area contributed by atoms with Gasteiger partial charge in [0.05, 0.1) is 5.56 Å². The van der Waals surface area contributed by atoms with Crippen molar-refractivity contribution in [3.63, 3.8) is 0 Å². The van der Waals surface area contributed by atoms with E-state index in [0.29, 0.717) is 18.3 Å². The molecule has 0 spiro atoms. The van der Waals surface area contributed by atoms with Crippen molar-refractivity contribution in [2.75, 3.05) is 0 Å². The molecule has 6 heteroatoms. The summed E-state index contributed by atoms with van der Waals surface area (Å²) in [5.74, 6) is -1.13. The van der Waals surface area contributed by atoms with Crippen LogP contribution in [0, 0.1) is 5.41 Å². The summed E-state index contributed by atoms with van der Waals surface area (Å²) in [4.78, 5) is 35.2. The Hall–Kier alpha value is -2.11. The van der Waals surface area contributed by atoms with E-state index in [0.717, 1.165) is 11.1 Å². The quantitative estimate of drug-likeness (QED) is 0.810. The van der Waals surface area contributed by atoms with Gasteiger partial charge in [0.2, 0.25) is 5.91 Å². The van der Waals surface area contributed by atoms with Gasteiger partial charge < -0.3 is 10.4 Å². The fourth-order valence-electron chi connectivity index (χ4n) is 2.84. The Balaban J connectivity index is 1.92. The first-order valence-electron chi connectivity index (χ1n) is 8.18. The summed E-state index contributed by atoms with van der Waals surface area (Å²) in [6, 6.07) is 5.23. The van der Waals surface area contributed by atoms with E-state index in [1.807, 2.05) is 34.1 Å². The van der Waals surface area contributed by atoms with Crippen molar-refractivity contribution in [3.05, 3.63) is 34.9 Å². The third kappa shape index (κ3) is 4.46. The van der Waals surface area contributed by atoms with E-state index in [-0.39, 0.29) is 30.5 Å². The van der Waals surface area contributed by atoms with Crippen molar-refractivity contribution in [2.45, 2.75) is 52.3 Å². The van der Waals surface area contributed by atoms with E-state index < -0.39 is 11.4 Å². The number of benzene rings is 1. The van der Waals surface area contributed by atoms with Crippen LogP contribution in [0.15, 0.2) is 18.2 Å². The molecule has 24 heavy (non-hydrogen) atoms. The van der Waals surface area contributed by atoms with Crippen LogP contribution in [-0.4, -0.2) is 36.0 Å². The highest BCUT2D eigenvalue weighted by atomic mass is 16.4. The molecule has 0 saturated carbocycles. The predicted octanol–water partition coefficient (Wildman–Crippen LogP) is 1.98. The molecule has 0 fully saturated rings. The second-order valence-electron chi connectivity index (χ2n) is 7.24. The van der Waals surface area contributed by atoms with Gasteiger partial charge in [-0.2, -0.15) is 0 Å². The third-order valence-electron chi connectivity index (χ3n) is 4.31. The zero-order valence-electron chi connectivity index (χ0n) is 14.4. The molecule has 0 aromatic heterocycles. The van der Waals surface area contributed by atoms with Crippen molar-refractivity contribution in [1.29, 1.82) is 0 Å². The number of ketones is 1. The summed E-state index contributed by atoms with van der Waals surface area (Å²) in [6.07, 6.45) is 1.52. The topological polar surface area (TPSA) is 83.5 Å². The lowest BCUT2D eigenvalue weighted by Crippen LogP contribution is -2.44. The van der Waals surface area contributed by atoms with E-state index in [2.05, 4.69) is 5.32 Å². The fourth-order valence-corrected chi connectivity index (χ4v) is 2.84. The van der Waals surface area contributed by atoms with Crippen LogP contribution in [0.1, 0.15) is 55.1 Å². The van der Waals surface area contributed by atoms with Crippen LogP contribution in [0.2, 0.25) is 0 Å². The Morgan fingerprint density at radius 1 is 1.25 bits per heavy atom. The number of aromatic carboxylic acids is 1. The fraction of sp³-hybridized carbons (Fsp3) is 0.500. The molecule has 0 aliphatic carbocycles. The van der Waals surface area contributed by atoms with Gasteiger partial charge in [0, 0.05) is 24.2 Å². The van der Waals surface area contributed by atoms with E-state index in [1.165, 1.54) is 0 Å². The molecule has 1 aliphatic rings. The normalized spacial score (nSPS) is 16.7. The molecule has 127 valence electrons. The van der Waals surface area contributed by atoms with Gasteiger partial charge in [-0.05, 0) is 23.6 Å². The number of rotatable bonds is 5. The lowest BCUT2D eigenvalue weighted by atomic mass is 9.57. The van der Waals surface area contributed by atoms with Gasteiger partial charge in [0.15, 0.2) is 0 Å². The minimum absolute atomic E-state index is 0.0710. The number of carbonyl (C=O) groups excluding carboxylic acids is 2. The first-order chi connectivity index (χ1) is 11.2. The van der Waals surface area contributed by atoms with Crippen molar-refractivity contribution >= 4 is 24.9 Å². The summed E-state index contributed by atoms with van der Waals surface area (Å²) in [5, 5.41) is 12.1. The maximum atomic E-state index is 12.1. The smallest absolute Gasteiger partial charge is 0.335 e. The number of carbonyl (C=O) groups is 3. The highest BCUT2D eigenvalue weighted by Gasteiger charge is 2.26. The SMILES string of the molecule is CC(C)(C)C(=O)CCC(=O)NC1[B]Cc2c(cccc2C(=O)O)C1. The Morgan fingerprint density at radius 3 is 2.58 bits per heavy atom. The van der Waals surface area contributed by atoms with Crippen LogP contribution < -0.4 is 5.32 Å². The lowest BCUT2D eigenvalue weighted by Gasteiger charge is -2.26. The van der Waals surface area contributed by atoms with E-state index in [4.69, 9.17) is 0 Å². The van der Waals surface area contributed by atoms with Crippen LogP contribution >= 0.6 is 0 Å². The van der Waals surface area contributed by atoms with Crippen molar-refractivity contribution in [1.82, 2.24) is 5.32 Å². The molecule has 0 bridgehead atoms. The predicted molar refractivity (Wildman–Crippen MR) is 92.2 cm³/mol. The van der Waals surface area contributed by atoms with E-state index >= 15 is 0 Å². The number of amides is 1. The number of Topliss-reactive ketones (excluding diaryl/α,β-unsaturated/α-hetero) is 1. The third-order valence-corrected chi connectivity index (χ3v) is 4.31. The largest absolute Gasteiger partial charge is 0.478 e. The van der Waals surface area contributed by atoms with Crippen molar-refractivity contribution in [3.8, 4) is 0 Å². The molecule has 0 saturated heterocycles. The second kappa shape index (κ2) is 7.20. The van der Waals surface area contributed by atoms with Crippen LogP contribution in [0.4, 0.5) is 0 Å². The van der Waals surface area contributed by atoms with E-state index in [1.54, 1.807) is 12.1 Å². The zero-order valence-corrected chi connectivity index (χ0v) is 14.4. The monoisotopic (exact) mass is 328 g/mol. The molecular weight excluding hydrogens is 305 g/mol. The van der Waals surface area contributed by atoms with Gasteiger partial charge in [0.1, 0.15) is 13.1 Å². The van der Waals surface area contributed by atoms with Gasteiger partial charge >= 0.3 is 5.97 Å². The molecule has 1 aliphatic heterocycles. The lowest BCUT2D eigenvalue weighted by molar-refractivity contribution is -0.129. The zero-order chi connectivity index (χ0) is 17.9. The van der Waals surface area contributed by atoms with Crippen LogP contribution in [0.5, 0.6) is 0 Å². The highest BCUT2D eigenvalue weighted by Crippen LogP contribution is 2.22. The maximum Gasteiger partial charge on any atom is 0.335 e. The Morgan fingerprint density at radius 2 is 1.96 bits per heavy atom. The second-order valence-corrected chi connectivity index (χ2v) is 7.24. The number of nitrogens with one attached hydrogen (secondary N) is 1. The standard InChI is InChI=1S/C18H23BNO4/c1-18(2,3)14(21)7-8-16(22)20-15-9-11-5-4-6-12(17(23)24)13(11)10-19-15/h4-6,15H,7-10H2,1-3H3,(H,20,22)(H,23,24). The average Bonchev–Trinajstić information content (AvgIpc) is 2.50. The Labute approximate surface area is 143 Å². The molecule has 1 aromatic rings. The first kappa shape index (κ1) is 18.2. The van der Waals surface area contributed by atoms with Gasteiger partial charge in [-0.25, -0.2) is 4.79 Å². The summed E-state index contributed by atoms with van der Waals surface area (Å²) in [5.41, 5.74) is 1.67. The van der Waals surface area contributed by atoms with Gasteiger partial charge in [-0.3, -0.25) is 9.59 Å². The number of fused-ring (bicyclic) bond motifs is 1. The number of carboxylic acids is 1.